The number of alkyl halides is 3. The lowest BCUT2D eigenvalue weighted by Gasteiger charge is -2.10. The van der Waals surface area contributed by atoms with Crippen molar-refractivity contribution in [3.63, 3.8) is 0 Å². The van der Waals surface area contributed by atoms with E-state index in [-0.39, 0.29) is 0 Å². The third kappa shape index (κ3) is 2.14. The van der Waals surface area contributed by atoms with Crippen molar-refractivity contribution < 1.29 is 22.8 Å². The second-order valence-corrected chi connectivity index (χ2v) is 2.49. The Hall–Kier alpha value is -1.86. The van der Waals surface area contributed by atoms with Crippen LogP contribution in [0.4, 0.5) is 18.9 Å². The summed E-state index contributed by atoms with van der Waals surface area (Å²) < 4.78 is 41.7. The summed E-state index contributed by atoms with van der Waals surface area (Å²) in [7, 11) is 0.982. The minimum absolute atomic E-state index is 0.533. The second kappa shape index (κ2) is 3.71. The second-order valence-electron chi connectivity index (χ2n) is 2.49. The molecule has 0 saturated carbocycles. The number of halogens is 3. The van der Waals surface area contributed by atoms with Gasteiger partial charge in [0.15, 0.2) is 11.3 Å². The molecule has 0 aliphatic carbocycles. The van der Waals surface area contributed by atoms with Gasteiger partial charge in [-0.1, -0.05) is 0 Å². The number of hydrogen-bond acceptors (Lipinski definition) is 4. The standard InChI is InChI=1S/C7H5F3N2O3/c1-15-5-3-11-2-4(12(13)14)6(5)7(8,9)10/h2-3H,1H3. The van der Waals surface area contributed by atoms with Gasteiger partial charge >= 0.3 is 11.9 Å². The minimum Gasteiger partial charge on any atom is -0.494 e. The normalized spacial score (nSPS) is 11.2. The first-order chi connectivity index (χ1) is 6.88. The number of ether oxygens (including phenoxy) is 1. The minimum atomic E-state index is -4.85. The van der Waals surface area contributed by atoms with Crippen molar-refractivity contribution in [1.82, 2.24) is 4.98 Å². The SMILES string of the molecule is COc1cncc([N+](=O)[O-])c1C(F)(F)F. The molecule has 0 unspecified atom stereocenters. The lowest BCUT2D eigenvalue weighted by Crippen LogP contribution is -2.11. The summed E-state index contributed by atoms with van der Waals surface area (Å²) in [6.45, 7) is 0. The fourth-order valence-electron chi connectivity index (χ4n) is 1.01. The van der Waals surface area contributed by atoms with Crippen LogP contribution in [0.25, 0.3) is 0 Å². The predicted octanol–water partition coefficient (Wildman–Crippen LogP) is 2.02. The Labute approximate surface area is 81.6 Å². The fourth-order valence-corrected chi connectivity index (χ4v) is 1.01. The molecule has 1 aromatic rings. The van der Waals surface area contributed by atoms with E-state index in [1.807, 2.05) is 0 Å². The molecule has 1 rings (SSSR count). The quantitative estimate of drug-likeness (QED) is 0.567. The van der Waals surface area contributed by atoms with Gasteiger partial charge in [0.2, 0.25) is 0 Å². The topological polar surface area (TPSA) is 65.3 Å². The van der Waals surface area contributed by atoms with Crippen molar-refractivity contribution in [2.24, 2.45) is 0 Å². The smallest absolute Gasteiger partial charge is 0.426 e. The Morgan fingerprint density at radius 3 is 2.47 bits per heavy atom. The van der Waals surface area contributed by atoms with Gasteiger partial charge in [0, 0.05) is 0 Å². The maximum Gasteiger partial charge on any atom is 0.426 e. The van der Waals surface area contributed by atoms with E-state index in [4.69, 9.17) is 0 Å². The zero-order valence-electron chi connectivity index (χ0n) is 7.41. The van der Waals surface area contributed by atoms with Gasteiger partial charge in [0.25, 0.3) is 0 Å². The first-order valence-corrected chi connectivity index (χ1v) is 3.61. The molecule has 0 aliphatic heterocycles. The molecule has 0 fully saturated rings. The van der Waals surface area contributed by atoms with Crippen LogP contribution in [0.15, 0.2) is 12.4 Å². The molecule has 5 nitrogen and oxygen atoms in total. The van der Waals surface area contributed by atoms with Gasteiger partial charge in [-0.3, -0.25) is 15.1 Å². The maximum atomic E-state index is 12.4. The summed E-state index contributed by atoms with van der Waals surface area (Å²) in [6.07, 6.45) is -3.54. The molecule has 15 heavy (non-hydrogen) atoms. The average Bonchev–Trinajstić information content (AvgIpc) is 2.15. The van der Waals surface area contributed by atoms with E-state index in [2.05, 4.69) is 9.72 Å². The van der Waals surface area contributed by atoms with Gasteiger partial charge in [0.05, 0.1) is 18.2 Å². The van der Waals surface area contributed by atoms with E-state index in [0.717, 1.165) is 13.3 Å². The number of rotatable bonds is 2. The van der Waals surface area contributed by atoms with Gasteiger partial charge in [-0.05, 0) is 0 Å². The molecule has 0 radical (unpaired) electrons. The monoisotopic (exact) mass is 222 g/mol. The Balaban J connectivity index is 3.47. The Morgan fingerprint density at radius 2 is 2.07 bits per heavy atom. The van der Waals surface area contributed by atoms with E-state index in [0.29, 0.717) is 6.20 Å². The molecular weight excluding hydrogens is 217 g/mol. The van der Waals surface area contributed by atoms with Crippen molar-refractivity contribution in [3.8, 4) is 5.75 Å². The highest BCUT2D eigenvalue weighted by Crippen LogP contribution is 2.41. The average molecular weight is 222 g/mol. The highest BCUT2D eigenvalue weighted by molar-refractivity contribution is 5.48. The third-order valence-electron chi connectivity index (χ3n) is 1.59. The van der Waals surface area contributed by atoms with Gasteiger partial charge in [-0.15, -0.1) is 0 Å². The number of methoxy groups -OCH3 is 1. The highest BCUT2D eigenvalue weighted by Gasteiger charge is 2.42. The van der Waals surface area contributed by atoms with Crippen molar-refractivity contribution in [2.75, 3.05) is 7.11 Å². The first-order valence-electron chi connectivity index (χ1n) is 3.61. The number of aromatic nitrogens is 1. The Kier molecular flexibility index (Phi) is 2.78. The molecule has 0 saturated heterocycles. The Morgan fingerprint density at radius 1 is 1.47 bits per heavy atom. The molecule has 0 bridgehead atoms. The number of hydrogen-bond donors (Lipinski definition) is 0. The van der Waals surface area contributed by atoms with Crippen LogP contribution < -0.4 is 4.74 Å². The van der Waals surface area contributed by atoms with Crippen LogP contribution in [-0.4, -0.2) is 17.0 Å². The van der Waals surface area contributed by atoms with Crippen molar-refractivity contribution >= 4 is 5.69 Å². The molecule has 0 aromatic carbocycles. The molecule has 1 heterocycles. The number of nitro groups is 1. The summed E-state index contributed by atoms with van der Waals surface area (Å²) in [6, 6.07) is 0. The summed E-state index contributed by atoms with van der Waals surface area (Å²) >= 11 is 0. The van der Waals surface area contributed by atoms with Crippen LogP contribution in [0.3, 0.4) is 0 Å². The van der Waals surface area contributed by atoms with Crippen LogP contribution in [0.5, 0.6) is 5.75 Å². The van der Waals surface area contributed by atoms with Gasteiger partial charge in [-0.2, -0.15) is 13.2 Å². The van der Waals surface area contributed by atoms with Crippen LogP contribution in [0, 0.1) is 10.1 Å². The number of pyridine rings is 1. The van der Waals surface area contributed by atoms with Gasteiger partial charge in [0.1, 0.15) is 6.20 Å². The Bertz CT molecular complexity index is 392. The van der Waals surface area contributed by atoms with E-state index < -0.39 is 28.1 Å². The van der Waals surface area contributed by atoms with Crippen LogP contribution in [-0.2, 0) is 6.18 Å². The molecule has 1 aromatic heterocycles. The molecule has 0 amide bonds. The van der Waals surface area contributed by atoms with Crippen LogP contribution in [0.1, 0.15) is 5.56 Å². The zero-order chi connectivity index (χ0) is 11.6. The largest absolute Gasteiger partial charge is 0.494 e. The van der Waals surface area contributed by atoms with E-state index in [1.165, 1.54) is 0 Å². The predicted molar refractivity (Wildman–Crippen MR) is 42.4 cm³/mol. The molecule has 82 valence electrons. The zero-order valence-corrected chi connectivity index (χ0v) is 7.41. The summed E-state index contributed by atoms with van der Waals surface area (Å²) in [5, 5.41) is 10.3. The van der Waals surface area contributed by atoms with E-state index >= 15 is 0 Å². The first kappa shape index (κ1) is 11.2. The van der Waals surface area contributed by atoms with Crippen LogP contribution >= 0.6 is 0 Å². The fraction of sp³-hybridized carbons (Fsp3) is 0.286. The van der Waals surface area contributed by atoms with E-state index in [9.17, 15) is 23.3 Å². The third-order valence-corrected chi connectivity index (χ3v) is 1.59. The van der Waals surface area contributed by atoms with Crippen LogP contribution in [0.2, 0.25) is 0 Å². The lowest BCUT2D eigenvalue weighted by molar-refractivity contribution is -0.388. The highest BCUT2D eigenvalue weighted by atomic mass is 19.4. The molecule has 0 aliphatic rings. The summed E-state index contributed by atoms with van der Waals surface area (Å²) in [4.78, 5) is 12.5. The molecule has 0 spiro atoms. The molecule has 8 heteroatoms. The van der Waals surface area contributed by atoms with Gasteiger partial charge < -0.3 is 4.74 Å². The summed E-state index contributed by atoms with van der Waals surface area (Å²) in [5.74, 6) is -0.670. The van der Waals surface area contributed by atoms with Gasteiger partial charge in [-0.25, -0.2) is 0 Å². The maximum absolute atomic E-state index is 12.4. The molecule has 0 N–H and O–H groups in total. The van der Waals surface area contributed by atoms with E-state index in [1.54, 1.807) is 0 Å². The lowest BCUT2D eigenvalue weighted by atomic mass is 10.2. The van der Waals surface area contributed by atoms with Crippen molar-refractivity contribution in [3.05, 3.63) is 28.1 Å². The summed E-state index contributed by atoms with van der Waals surface area (Å²) in [5.41, 5.74) is -2.55. The van der Waals surface area contributed by atoms with Crippen molar-refractivity contribution in [2.45, 2.75) is 6.18 Å². The number of nitrogens with zero attached hydrogens (tertiary/aromatic N) is 2. The molecular formula is C7H5F3N2O3. The molecule has 0 atom stereocenters. The van der Waals surface area contributed by atoms with Crippen molar-refractivity contribution in [1.29, 1.82) is 0 Å².